The Balaban J connectivity index is 2.31. The van der Waals surface area contributed by atoms with E-state index in [-0.39, 0.29) is 5.91 Å². The molecule has 4 nitrogen and oxygen atoms in total. The van der Waals surface area contributed by atoms with Crippen LogP contribution in [0.3, 0.4) is 0 Å². The minimum absolute atomic E-state index is 0.0445. The number of halogens is 1. The molecule has 2 N–H and O–H groups in total. The van der Waals surface area contributed by atoms with Crippen LogP contribution in [-0.2, 0) is 9.53 Å². The number of hydrogen-bond donors (Lipinski definition) is 2. The van der Waals surface area contributed by atoms with Gasteiger partial charge in [0.25, 0.3) is 0 Å². The molecule has 5 heteroatoms. The van der Waals surface area contributed by atoms with E-state index < -0.39 is 0 Å². The lowest BCUT2D eigenvalue weighted by Crippen LogP contribution is -2.29. The summed E-state index contributed by atoms with van der Waals surface area (Å²) in [6, 6.07) is 5.83. The standard InChI is InChI=1S/C13H19BrN2O2/c1-10-4-5-12(11(14)8-10)16-13(17)9-15-6-3-7-18-2/h4-5,8,15H,3,6-7,9H2,1-2H3,(H,16,17). The van der Waals surface area contributed by atoms with Crippen molar-refractivity contribution in [2.45, 2.75) is 13.3 Å². The lowest BCUT2D eigenvalue weighted by atomic mass is 10.2. The maximum atomic E-state index is 11.7. The number of aryl methyl sites for hydroxylation is 1. The van der Waals surface area contributed by atoms with Crippen LogP contribution in [0.1, 0.15) is 12.0 Å². The molecule has 0 saturated heterocycles. The van der Waals surface area contributed by atoms with Crippen LogP contribution < -0.4 is 10.6 Å². The highest BCUT2D eigenvalue weighted by molar-refractivity contribution is 9.10. The zero-order valence-corrected chi connectivity index (χ0v) is 12.3. The second-order valence-corrected chi connectivity index (χ2v) is 4.91. The SMILES string of the molecule is COCCCNCC(=O)Nc1ccc(C)cc1Br. The van der Waals surface area contributed by atoms with Crippen LogP contribution in [0.5, 0.6) is 0 Å². The minimum atomic E-state index is -0.0445. The molecule has 0 radical (unpaired) electrons. The van der Waals surface area contributed by atoms with Crippen molar-refractivity contribution in [2.24, 2.45) is 0 Å². The molecule has 0 heterocycles. The first-order valence-electron chi connectivity index (χ1n) is 5.89. The Morgan fingerprint density at radius 2 is 2.22 bits per heavy atom. The molecule has 0 saturated carbocycles. The fourth-order valence-electron chi connectivity index (χ4n) is 1.46. The first-order chi connectivity index (χ1) is 8.63. The molecule has 0 fully saturated rings. The van der Waals surface area contributed by atoms with Crippen molar-refractivity contribution in [3.63, 3.8) is 0 Å². The van der Waals surface area contributed by atoms with Gasteiger partial charge in [0.2, 0.25) is 5.91 Å². The summed E-state index contributed by atoms with van der Waals surface area (Å²) in [5.74, 6) is -0.0445. The Bertz CT molecular complexity index is 397. The number of benzene rings is 1. The molecule has 0 aliphatic heterocycles. The molecule has 1 rings (SSSR count). The topological polar surface area (TPSA) is 50.4 Å². The van der Waals surface area contributed by atoms with E-state index in [1.807, 2.05) is 25.1 Å². The first kappa shape index (κ1) is 15.1. The average molecular weight is 315 g/mol. The van der Waals surface area contributed by atoms with Crippen LogP contribution >= 0.6 is 15.9 Å². The Morgan fingerprint density at radius 3 is 2.89 bits per heavy atom. The van der Waals surface area contributed by atoms with Crippen molar-refractivity contribution in [1.29, 1.82) is 0 Å². The summed E-state index contributed by atoms with van der Waals surface area (Å²) in [4.78, 5) is 11.7. The highest BCUT2D eigenvalue weighted by Gasteiger charge is 2.04. The molecule has 18 heavy (non-hydrogen) atoms. The quantitative estimate of drug-likeness (QED) is 0.759. The van der Waals surface area contributed by atoms with Crippen molar-refractivity contribution >= 4 is 27.5 Å². The zero-order valence-electron chi connectivity index (χ0n) is 10.8. The van der Waals surface area contributed by atoms with Crippen LogP contribution in [-0.4, -0.2) is 32.7 Å². The Hall–Kier alpha value is -0.910. The molecule has 0 spiro atoms. The van der Waals surface area contributed by atoms with E-state index >= 15 is 0 Å². The molecule has 0 aromatic heterocycles. The number of carbonyl (C=O) groups excluding carboxylic acids is 1. The molecule has 0 bridgehead atoms. The van der Waals surface area contributed by atoms with Gasteiger partial charge in [-0.05, 0) is 53.5 Å². The third-order valence-electron chi connectivity index (χ3n) is 2.39. The average Bonchev–Trinajstić information content (AvgIpc) is 2.32. The molecule has 1 amide bonds. The molecule has 0 aliphatic rings. The predicted octanol–water partition coefficient (Wildman–Crippen LogP) is 2.32. The van der Waals surface area contributed by atoms with Gasteiger partial charge in [0, 0.05) is 18.2 Å². The molecule has 0 unspecified atom stereocenters. The van der Waals surface area contributed by atoms with Gasteiger partial charge >= 0.3 is 0 Å². The van der Waals surface area contributed by atoms with E-state index in [0.29, 0.717) is 13.2 Å². The molecular formula is C13H19BrN2O2. The van der Waals surface area contributed by atoms with Crippen molar-refractivity contribution in [3.05, 3.63) is 28.2 Å². The van der Waals surface area contributed by atoms with Crippen molar-refractivity contribution in [2.75, 3.05) is 32.1 Å². The zero-order chi connectivity index (χ0) is 13.4. The largest absolute Gasteiger partial charge is 0.385 e. The van der Waals surface area contributed by atoms with Crippen LogP contribution in [0, 0.1) is 6.92 Å². The van der Waals surface area contributed by atoms with Gasteiger partial charge in [-0.2, -0.15) is 0 Å². The third kappa shape index (κ3) is 5.62. The van der Waals surface area contributed by atoms with Gasteiger partial charge in [-0.1, -0.05) is 6.07 Å². The summed E-state index contributed by atoms with van der Waals surface area (Å²) >= 11 is 3.43. The summed E-state index contributed by atoms with van der Waals surface area (Å²) in [5, 5.41) is 5.91. The van der Waals surface area contributed by atoms with Gasteiger partial charge in [0.05, 0.1) is 12.2 Å². The molecule has 0 aliphatic carbocycles. The summed E-state index contributed by atoms with van der Waals surface area (Å²) in [7, 11) is 1.67. The normalized spacial score (nSPS) is 10.4. The van der Waals surface area contributed by atoms with E-state index in [1.165, 1.54) is 0 Å². The van der Waals surface area contributed by atoms with Gasteiger partial charge in [0.15, 0.2) is 0 Å². The van der Waals surface area contributed by atoms with Gasteiger partial charge in [-0.3, -0.25) is 4.79 Å². The lowest BCUT2D eigenvalue weighted by molar-refractivity contribution is -0.115. The van der Waals surface area contributed by atoms with Crippen LogP contribution in [0.4, 0.5) is 5.69 Å². The molecular weight excluding hydrogens is 296 g/mol. The van der Waals surface area contributed by atoms with Crippen molar-refractivity contribution in [3.8, 4) is 0 Å². The van der Waals surface area contributed by atoms with Gasteiger partial charge in [-0.15, -0.1) is 0 Å². The molecule has 1 aromatic carbocycles. The number of methoxy groups -OCH3 is 1. The number of amides is 1. The molecule has 0 atom stereocenters. The Labute approximate surface area is 116 Å². The number of carbonyl (C=O) groups is 1. The van der Waals surface area contributed by atoms with E-state index in [1.54, 1.807) is 7.11 Å². The summed E-state index contributed by atoms with van der Waals surface area (Å²) in [6.45, 7) is 3.80. The van der Waals surface area contributed by atoms with E-state index in [4.69, 9.17) is 4.74 Å². The monoisotopic (exact) mass is 314 g/mol. The van der Waals surface area contributed by atoms with Gasteiger partial charge in [0.1, 0.15) is 0 Å². The van der Waals surface area contributed by atoms with E-state index in [0.717, 1.165) is 28.7 Å². The van der Waals surface area contributed by atoms with Gasteiger partial charge in [-0.25, -0.2) is 0 Å². The second kappa shape index (κ2) is 8.24. The highest BCUT2D eigenvalue weighted by atomic mass is 79.9. The summed E-state index contributed by atoms with van der Waals surface area (Å²) < 4.78 is 5.82. The predicted molar refractivity (Wildman–Crippen MR) is 76.9 cm³/mol. The Kier molecular flexibility index (Phi) is 6.93. The van der Waals surface area contributed by atoms with E-state index in [9.17, 15) is 4.79 Å². The van der Waals surface area contributed by atoms with Crippen molar-refractivity contribution < 1.29 is 9.53 Å². The number of ether oxygens (including phenoxy) is 1. The van der Waals surface area contributed by atoms with Crippen LogP contribution in [0.2, 0.25) is 0 Å². The number of nitrogens with one attached hydrogen (secondary N) is 2. The van der Waals surface area contributed by atoms with Crippen LogP contribution in [0.25, 0.3) is 0 Å². The third-order valence-corrected chi connectivity index (χ3v) is 3.04. The fourth-order valence-corrected chi connectivity index (χ4v) is 2.05. The summed E-state index contributed by atoms with van der Waals surface area (Å²) in [6.07, 6.45) is 0.901. The second-order valence-electron chi connectivity index (χ2n) is 4.05. The number of rotatable bonds is 7. The van der Waals surface area contributed by atoms with Crippen molar-refractivity contribution in [1.82, 2.24) is 5.32 Å². The number of hydrogen-bond acceptors (Lipinski definition) is 3. The van der Waals surface area contributed by atoms with Gasteiger partial charge < -0.3 is 15.4 Å². The smallest absolute Gasteiger partial charge is 0.238 e. The molecule has 1 aromatic rings. The molecule has 100 valence electrons. The Morgan fingerprint density at radius 1 is 1.44 bits per heavy atom. The van der Waals surface area contributed by atoms with E-state index in [2.05, 4.69) is 26.6 Å². The number of anilines is 1. The fraction of sp³-hybridized carbons (Fsp3) is 0.462. The summed E-state index contributed by atoms with van der Waals surface area (Å²) in [5.41, 5.74) is 1.95. The first-order valence-corrected chi connectivity index (χ1v) is 6.68. The maximum absolute atomic E-state index is 11.7. The minimum Gasteiger partial charge on any atom is -0.385 e. The highest BCUT2D eigenvalue weighted by Crippen LogP contribution is 2.22. The van der Waals surface area contributed by atoms with Crippen LogP contribution in [0.15, 0.2) is 22.7 Å². The lowest BCUT2D eigenvalue weighted by Gasteiger charge is -2.09. The maximum Gasteiger partial charge on any atom is 0.238 e.